The summed E-state index contributed by atoms with van der Waals surface area (Å²) in [5.74, 6) is 0. The third-order valence-electron chi connectivity index (χ3n) is 0. The molecular formula is CH4Cl2NRh-. The van der Waals surface area contributed by atoms with Crippen LogP contribution in [0.2, 0.25) is 0 Å². The molecule has 0 spiro atoms. The molecule has 0 bridgehead atoms. The van der Waals surface area contributed by atoms with Gasteiger partial charge in [-0.2, -0.15) is 7.05 Å². The molecule has 0 fully saturated rings. The van der Waals surface area contributed by atoms with E-state index in [9.17, 15) is 0 Å². The van der Waals surface area contributed by atoms with Gasteiger partial charge in [0.1, 0.15) is 0 Å². The minimum atomic E-state index is -0.226. The van der Waals surface area contributed by atoms with E-state index in [1.54, 1.807) is 0 Å². The number of hydrogen-bond acceptors (Lipinski definition) is 0. The summed E-state index contributed by atoms with van der Waals surface area (Å²) in [5.41, 5.74) is 5.75. The van der Waals surface area contributed by atoms with E-state index in [1.165, 1.54) is 7.05 Å². The van der Waals surface area contributed by atoms with E-state index in [2.05, 4.69) is 0 Å². The third-order valence-corrected chi connectivity index (χ3v) is 0. The average Bonchev–Trinajstić information content (AvgIpc) is 1.46. The summed E-state index contributed by atoms with van der Waals surface area (Å²) in [6.07, 6.45) is 0. The standard InChI is InChI=1S/CH4N.2ClH.Rh/c1-2;;;/h2H,1H3;2*1H;/q-1;;;+2/p-2. The second-order valence-electron chi connectivity index (χ2n) is 0.0476. The molecule has 0 saturated carbocycles. The molecule has 0 unspecified atom stereocenters. The SMILES string of the molecule is C[NH-].[Cl][Rh][Cl]. The van der Waals surface area contributed by atoms with Crippen molar-refractivity contribution in [3.63, 3.8) is 0 Å². The predicted molar refractivity (Wildman–Crippen MR) is 22.0 cm³/mol. The van der Waals surface area contributed by atoms with E-state index < -0.39 is 0 Å². The maximum atomic E-state index is 5.75. The van der Waals surface area contributed by atoms with Crippen LogP contribution in [0.5, 0.6) is 0 Å². The van der Waals surface area contributed by atoms with Crippen molar-refractivity contribution in [2.45, 2.75) is 0 Å². The van der Waals surface area contributed by atoms with Gasteiger partial charge in [-0.3, -0.25) is 0 Å². The van der Waals surface area contributed by atoms with E-state index in [0.29, 0.717) is 0 Å². The minimum absolute atomic E-state index is 0.226. The summed E-state index contributed by atoms with van der Waals surface area (Å²) in [4.78, 5) is 0. The zero-order chi connectivity index (χ0) is 4.71. The Hall–Kier alpha value is 1.16. The van der Waals surface area contributed by atoms with Gasteiger partial charge < -0.3 is 5.73 Å². The molecule has 0 aromatic rings. The molecule has 4 heteroatoms. The van der Waals surface area contributed by atoms with Crippen LogP contribution in [-0.2, 0) is 15.1 Å². The number of rotatable bonds is 0. The normalized spacial score (nSPS) is 5.60. The monoisotopic (exact) mass is 203 g/mol. The van der Waals surface area contributed by atoms with Crippen molar-refractivity contribution in [1.82, 2.24) is 0 Å². The zero-order valence-corrected chi connectivity index (χ0v) is 5.74. The van der Waals surface area contributed by atoms with Gasteiger partial charge >= 0.3 is 34.5 Å². The van der Waals surface area contributed by atoms with Gasteiger partial charge in [0.05, 0.1) is 0 Å². The molecule has 0 rings (SSSR count). The summed E-state index contributed by atoms with van der Waals surface area (Å²) in [7, 11) is 10.9. The van der Waals surface area contributed by atoms with E-state index in [4.69, 9.17) is 25.1 Å². The van der Waals surface area contributed by atoms with Crippen LogP contribution in [0.15, 0.2) is 0 Å². The Morgan fingerprint density at radius 2 is 1.40 bits per heavy atom. The van der Waals surface area contributed by atoms with E-state index in [-0.39, 0.29) is 15.1 Å². The molecule has 0 amide bonds. The Kier molecular flexibility index (Phi) is 36.3. The summed E-state index contributed by atoms with van der Waals surface area (Å²) in [6, 6.07) is 0. The second-order valence-corrected chi connectivity index (χ2v) is 2.54. The van der Waals surface area contributed by atoms with Crippen molar-refractivity contribution in [3.8, 4) is 0 Å². The summed E-state index contributed by atoms with van der Waals surface area (Å²) >= 11 is -0.226. The Balaban J connectivity index is 0. The van der Waals surface area contributed by atoms with Crippen LogP contribution in [0, 0.1) is 0 Å². The fraction of sp³-hybridized carbons (Fsp3) is 1.00. The second kappa shape index (κ2) is 19.1. The summed E-state index contributed by atoms with van der Waals surface area (Å²) in [5, 5.41) is 0. The predicted octanol–water partition coefficient (Wildman–Crippen LogP) is 2.04. The van der Waals surface area contributed by atoms with Crippen molar-refractivity contribution in [3.05, 3.63) is 5.73 Å². The Morgan fingerprint density at radius 3 is 1.40 bits per heavy atom. The van der Waals surface area contributed by atoms with Gasteiger partial charge in [-0.15, -0.1) is 0 Å². The molecule has 5 heavy (non-hydrogen) atoms. The van der Waals surface area contributed by atoms with Crippen LogP contribution in [0.4, 0.5) is 0 Å². The van der Waals surface area contributed by atoms with Crippen molar-refractivity contribution < 1.29 is 15.1 Å². The van der Waals surface area contributed by atoms with Crippen LogP contribution in [0.1, 0.15) is 0 Å². The molecule has 0 aliphatic carbocycles. The van der Waals surface area contributed by atoms with Crippen molar-refractivity contribution in [2.24, 2.45) is 0 Å². The van der Waals surface area contributed by atoms with Gasteiger partial charge in [0.25, 0.3) is 0 Å². The first-order valence-corrected chi connectivity index (χ1v) is 4.97. The number of hydrogen-bond donors (Lipinski definition) is 0. The first kappa shape index (κ1) is 9.48. The summed E-state index contributed by atoms with van der Waals surface area (Å²) < 4.78 is 0. The average molecular weight is 204 g/mol. The molecule has 1 nitrogen and oxygen atoms in total. The fourth-order valence-corrected chi connectivity index (χ4v) is 0. The Morgan fingerprint density at radius 1 is 1.40 bits per heavy atom. The molecule has 1 N–H and O–H groups in total. The van der Waals surface area contributed by atoms with Gasteiger partial charge in [-0.25, -0.2) is 0 Å². The van der Waals surface area contributed by atoms with Crippen LogP contribution < -0.4 is 0 Å². The Labute approximate surface area is 47.5 Å². The van der Waals surface area contributed by atoms with Crippen molar-refractivity contribution in [1.29, 1.82) is 0 Å². The van der Waals surface area contributed by atoms with Crippen molar-refractivity contribution >= 4 is 19.4 Å². The van der Waals surface area contributed by atoms with E-state index >= 15 is 0 Å². The third kappa shape index (κ3) is 38.2. The Bertz CT molecular complexity index is 9.61. The summed E-state index contributed by atoms with van der Waals surface area (Å²) in [6.45, 7) is 0. The quantitative estimate of drug-likeness (QED) is 0.539. The van der Waals surface area contributed by atoms with Crippen LogP contribution in [0.25, 0.3) is 5.73 Å². The van der Waals surface area contributed by atoms with Gasteiger partial charge in [0, 0.05) is 0 Å². The molecule has 0 heterocycles. The van der Waals surface area contributed by atoms with Crippen LogP contribution >= 0.6 is 19.4 Å². The van der Waals surface area contributed by atoms with E-state index in [0.717, 1.165) is 0 Å². The van der Waals surface area contributed by atoms with Gasteiger partial charge in [-0.1, -0.05) is 0 Å². The molecule has 0 aromatic carbocycles. The molecule has 0 radical (unpaired) electrons. The van der Waals surface area contributed by atoms with Gasteiger partial charge in [0.2, 0.25) is 0 Å². The first-order chi connectivity index (χ1) is 2.41. The maximum absolute atomic E-state index is 5.75. The van der Waals surface area contributed by atoms with E-state index in [1.807, 2.05) is 0 Å². The van der Waals surface area contributed by atoms with Crippen molar-refractivity contribution in [2.75, 3.05) is 7.05 Å². The molecule has 0 aliphatic rings. The fourth-order valence-electron chi connectivity index (χ4n) is 0. The van der Waals surface area contributed by atoms with Gasteiger partial charge in [-0.05, 0) is 0 Å². The molecular weight excluding hydrogens is 200 g/mol. The molecule has 0 saturated heterocycles. The van der Waals surface area contributed by atoms with Crippen LogP contribution in [-0.4, -0.2) is 7.05 Å². The van der Waals surface area contributed by atoms with Crippen LogP contribution in [0.3, 0.4) is 0 Å². The topological polar surface area (TPSA) is 23.8 Å². The first-order valence-electron chi connectivity index (χ1n) is 0.752. The number of halogens is 2. The molecule has 0 aliphatic heterocycles. The molecule has 37 valence electrons. The molecule has 0 atom stereocenters. The zero-order valence-electron chi connectivity index (χ0n) is 2.59. The molecule has 0 aromatic heterocycles. The van der Waals surface area contributed by atoms with Gasteiger partial charge in [0.15, 0.2) is 0 Å². The number of nitrogens with one attached hydrogen (secondary N) is 1.